The largest absolute Gasteiger partial charge is 0.125 e. The molecule has 2 heteroatoms. The fourth-order valence-electron chi connectivity index (χ4n) is 0.772. The van der Waals surface area contributed by atoms with Crippen LogP contribution >= 0.6 is 27.7 Å². The maximum atomic E-state index is 3.62. The first-order valence-electron chi connectivity index (χ1n) is 3.95. The normalized spacial score (nSPS) is 11.6. The quantitative estimate of drug-likeness (QED) is 0.574. The molecule has 0 saturated carbocycles. The van der Waals surface area contributed by atoms with Gasteiger partial charge in [-0.3, -0.25) is 0 Å². The van der Waals surface area contributed by atoms with E-state index in [0.29, 0.717) is 0 Å². The standard InChI is InChI=1S/C10H13BrS/c1-10(2,11)8-12-9-6-4-3-5-7-9/h3-7H,8H2,1-2H3. The smallest absolute Gasteiger partial charge is 0.0295 e. The molecule has 0 bridgehead atoms. The van der Waals surface area contributed by atoms with Gasteiger partial charge in [-0.05, 0) is 26.0 Å². The van der Waals surface area contributed by atoms with Gasteiger partial charge < -0.3 is 0 Å². The van der Waals surface area contributed by atoms with Crippen LogP contribution in [0.1, 0.15) is 13.8 Å². The van der Waals surface area contributed by atoms with Gasteiger partial charge in [-0.2, -0.15) is 0 Å². The molecule has 0 nitrogen and oxygen atoms in total. The summed E-state index contributed by atoms with van der Waals surface area (Å²) >= 11 is 5.50. The molecule has 1 aromatic carbocycles. The average Bonchev–Trinajstić information content (AvgIpc) is 2.02. The van der Waals surface area contributed by atoms with Crippen LogP contribution in [0, 0.1) is 0 Å². The van der Waals surface area contributed by atoms with Crippen LogP contribution in [0.25, 0.3) is 0 Å². The summed E-state index contributed by atoms with van der Waals surface area (Å²) in [6.07, 6.45) is 0. The van der Waals surface area contributed by atoms with Gasteiger partial charge in [-0.25, -0.2) is 0 Å². The van der Waals surface area contributed by atoms with Crippen LogP contribution in [0.4, 0.5) is 0 Å². The third kappa shape index (κ3) is 4.17. The zero-order valence-electron chi connectivity index (χ0n) is 7.38. The minimum atomic E-state index is 0.230. The summed E-state index contributed by atoms with van der Waals surface area (Å²) in [5, 5.41) is 0. The van der Waals surface area contributed by atoms with E-state index in [4.69, 9.17) is 0 Å². The second-order valence-corrected chi connectivity index (χ2v) is 6.52. The molecule has 0 saturated heterocycles. The van der Waals surface area contributed by atoms with Crippen molar-refractivity contribution in [2.75, 3.05) is 5.75 Å². The lowest BCUT2D eigenvalue weighted by molar-refractivity contribution is 0.837. The minimum Gasteiger partial charge on any atom is -0.125 e. The highest BCUT2D eigenvalue weighted by molar-refractivity contribution is 9.10. The van der Waals surface area contributed by atoms with Gasteiger partial charge in [0.25, 0.3) is 0 Å². The Morgan fingerprint density at radius 1 is 1.25 bits per heavy atom. The Morgan fingerprint density at radius 3 is 2.33 bits per heavy atom. The summed E-state index contributed by atoms with van der Waals surface area (Å²) in [6, 6.07) is 10.5. The maximum Gasteiger partial charge on any atom is 0.0295 e. The highest BCUT2D eigenvalue weighted by Crippen LogP contribution is 2.26. The van der Waals surface area contributed by atoms with Crippen molar-refractivity contribution in [3.05, 3.63) is 30.3 Å². The van der Waals surface area contributed by atoms with Crippen molar-refractivity contribution in [2.45, 2.75) is 23.1 Å². The lowest BCUT2D eigenvalue weighted by Crippen LogP contribution is -2.12. The molecule has 0 N–H and O–H groups in total. The molecule has 0 amide bonds. The molecule has 0 heterocycles. The van der Waals surface area contributed by atoms with Gasteiger partial charge >= 0.3 is 0 Å². The topological polar surface area (TPSA) is 0 Å². The van der Waals surface area contributed by atoms with E-state index in [2.05, 4.69) is 54.0 Å². The SMILES string of the molecule is CC(C)(Br)CSc1ccccc1. The molecule has 0 aliphatic carbocycles. The molecule has 0 unspecified atom stereocenters. The Labute approximate surface area is 86.9 Å². The van der Waals surface area contributed by atoms with E-state index in [0.717, 1.165) is 5.75 Å². The molecule has 0 aliphatic rings. The van der Waals surface area contributed by atoms with Crippen LogP contribution in [0.5, 0.6) is 0 Å². The monoisotopic (exact) mass is 244 g/mol. The van der Waals surface area contributed by atoms with E-state index in [9.17, 15) is 0 Å². The first kappa shape index (κ1) is 10.1. The van der Waals surface area contributed by atoms with Gasteiger partial charge in [0, 0.05) is 15.0 Å². The zero-order chi connectivity index (χ0) is 9.03. The van der Waals surface area contributed by atoms with Crippen molar-refractivity contribution in [3.8, 4) is 0 Å². The highest BCUT2D eigenvalue weighted by atomic mass is 79.9. The van der Waals surface area contributed by atoms with Crippen molar-refractivity contribution in [2.24, 2.45) is 0 Å². The fraction of sp³-hybridized carbons (Fsp3) is 0.400. The Bertz CT molecular complexity index is 225. The van der Waals surface area contributed by atoms with Gasteiger partial charge in [-0.15, -0.1) is 11.8 Å². The summed E-state index contributed by atoms with van der Waals surface area (Å²) in [6.45, 7) is 4.37. The molecule has 1 aromatic rings. The Kier molecular flexibility index (Phi) is 3.66. The van der Waals surface area contributed by atoms with E-state index in [1.54, 1.807) is 0 Å². The van der Waals surface area contributed by atoms with Gasteiger partial charge in [0.15, 0.2) is 0 Å². The highest BCUT2D eigenvalue weighted by Gasteiger charge is 2.12. The van der Waals surface area contributed by atoms with E-state index in [1.165, 1.54) is 4.90 Å². The number of hydrogen-bond acceptors (Lipinski definition) is 1. The average molecular weight is 245 g/mol. The molecular formula is C10H13BrS. The second kappa shape index (κ2) is 4.33. The van der Waals surface area contributed by atoms with Crippen LogP contribution in [0.15, 0.2) is 35.2 Å². The first-order valence-corrected chi connectivity index (χ1v) is 5.72. The fourth-order valence-corrected chi connectivity index (χ4v) is 1.97. The summed E-state index contributed by atoms with van der Waals surface area (Å²) in [5.74, 6) is 1.09. The lowest BCUT2D eigenvalue weighted by atomic mass is 10.3. The molecule has 12 heavy (non-hydrogen) atoms. The number of hydrogen-bond donors (Lipinski definition) is 0. The summed E-state index contributed by atoms with van der Waals surface area (Å²) in [7, 11) is 0. The van der Waals surface area contributed by atoms with E-state index in [-0.39, 0.29) is 4.32 Å². The number of rotatable bonds is 3. The summed E-state index contributed by atoms with van der Waals surface area (Å²) < 4.78 is 0.230. The van der Waals surface area contributed by atoms with Crippen LogP contribution in [-0.4, -0.2) is 10.1 Å². The van der Waals surface area contributed by atoms with Crippen molar-refractivity contribution < 1.29 is 0 Å². The predicted octanol–water partition coefficient (Wildman–Crippen LogP) is 3.95. The number of benzene rings is 1. The number of alkyl halides is 1. The van der Waals surface area contributed by atoms with Crippen molar-refractivity contribution in [3.63, 3.8) is 0 Å². The van der Waals surface area contributed by atoms with Gasteiger partial charge in [0.1, 0.15) is 0 Å². The molecule has 66 valence electrons. The van der Waals surface area contributed by atoms with Crippen molar-refractivity contribution in [1.82, 2.24) is 0 Å². The van der Waals surface area contributed by atoms with Crippen LogP contribution < -0.4 is 0 Å². The molecular weight excluding hydrogens is 232 g/mol. The second-order valence-electron chi connectivity index (χ2n) is 3.32. The summed E-state index contributed by atoms with van der Waals surface area (Å²) in [4.78, 5) is 1.34. The van der Waals surface area contributed by atoms with E-state index < -0.39 is 0 Å². The predicted molar refractivity (Wildman–Crippen MR) is 60.2 cm³/mol. The van der Waals surface area contributed by atoms with Crippen molar-refractivity contribution in [1.29, 1.82) is 0 Å². The van der Waals surface area contributed by atoms with E-state index in [1.807, 2.05) is 17.8 Å². The molecule has 0 spiro atoms. The van der Waals surface area contributed by atoms with Gasteiger partial charge in [0.05, 0.1) is 0 Å². The number of thioether (sulfide) groups is 1. The van der Waals surface area contributed by atoms with E-state index >= 15 is 0 Å². The molecule has 0 aromatic heterocycles. The minimum absolute atomic E-state index is 0.230. The van der Waals surface area contributed by atoms with Crippen molar-refractivity contribution >= 4 is 27.7 Å². The van der Waals surface area contributed by atoms with Crippen LogP contribution in [0.2, 0.25) is 0 Å². The van der Waals surface area contributed by atoms with Gasteiger partial charge in [0.2, 0.25) is 0 Å². The molecule has 0 radical (unpaired) electrons. The van der Waals surface area contributed by atoms with Crippen LogP contribution in [0.3, 0.4) is 0 Å². The number of halogens is 1. The van der Waals surface area contributed by atoms with Gasteiger partial charge in [-0.1, -0.05) is 34.1 Å². The van der Waals surface area contributed by atoms with Crippen LogP contribution in [-0.2, 0) is 0 Å². The zero-order valence-corrected chi connectivity index (χ0v) is 9.78. The Balaban J connectivity index is 2.44. The summed E-state index contributed by atoms with van der Waals surface area (Å²) in [5.41, 5.74) is 0. The third-order valence-corrected chi connectivity index (χ3v) is 3.45. The Hall–Kier alpha value is 0.0500. The Morgan fingerprint density at radius 2 is 1.83 bits per heavy atom. The molecule has 0 aliphatic heterocycles. The molecule has 0 atom stereocenters. The first-order chi connectivity index (χ1) is 5.58. The molecule has 0 fully saturated rings. The maximum absolute atomic E-state index is 3.62. The lowest BCUT2D eigenvalue weighted by Gasteiger charge is -2.14. The third-order valence-electron chi connectivity index (χ3n) is 1.33. The molecule has 1 rings (SSSR count).